The molecule has 1 saturated heterocycles. The molecule has 1 heterocycles. The molecule has 3 atom stereocenters. The molecule has 0 aromatic heterocycles. The molecule has 1 aliphatic rings. The van der Waals surface area contributed by atoms with Crippen LogP contribution in [0.5, 0.6) is 0 Å². The quantitative estimate of drug-likeness (QED) is 0.518. The molecule has 2 amide bonds. The van der Waals surface area contributed by atoms with Crippen molar-refractivity contribution in [1.82, 2.24) is 15.5 Å². The van der Waals surface area contributed by atoms with Crippen molar-refractivity contribution < 1.29 is 19.8 Å². The maximum atomic E-state index is 11.5. The van der Waals surface area contributed by atoms with Gasteiger partial charge >= 0.3 is 12.0 Å². The summed E-state index contributed by atoms with van der Waals surface area (Å²) in [6.45, 7) is 2.82. The van der Waals surface area contributed by atoms with Crippen LogP contribution in [0.1, 0.15) is 19.8 Å². The number of amides is 2. The summed E-state index contributed by atoms with van der Waals surface area (Å²) in [6.07, 6.45) is 0.994. The summed E-state index contributed by atoms with van der Waals surface area (Å²) in [5, 5.41) is 22.9. The van der Waals surface area contributed by atoms with Crippen LogP contribution in [0.15, 0.2) is 0 Å². The molecule has 0 spiro atoms. The molecule has 104 valence electrons. The molecule has 0 aliphatic carbocycles. The first-order chi connectivity index (χ1) is 8.41. The lowest BCUT2D eigenvalue weighted by Crippen LogP contribution is -2.52. The summed E-state index contributed by atoms with van der Waals surface area (Å²) in [6, 6.07) is -1.56. The number of aliphatic carboxylic acids is 1. The van der Waals surface area contributed by atoms with E-state index in [-0.39, 0.29) is 0 Å². The zero-order valence-corrected chi connectivity index (χ0v) is 10.7. The van der Waals surface area contributed by atoms with E-state index in [2.05, 4.69) is 15.5 Å². The number of aliphatic hydroxyl groups is 1. The lowest BCUT2D eigenvalue weighted by molar-refractivity contribution is -0.141. The van der Waals surface area contributed by atoms with Crippen LogP contribution in [-0.2, 0) is 4.79 Å². The number of likely N-dealkylation sites (N-methyl/N-ethyl adjacent to an activating group) is 1. The molecule has 1 rings (SSSR count). The molecule has 0 aromatic rings. The topological polar surface area (TPSA) is 102 Å². The van der Waals surface area contributed by atoms with E-state index in [9.17, 15) is 14.7 Å². The number of hydrogen-bond acceptors (Lipinski definition) is 4. The van der Waals surface area contributed by atoms with Crippen LogP contribution in [0.3, 0.4) is 0 Å². The number of hydrogen-bond donors (Lipinski definition) is 4. The van der Waals surface area contributed by atoms with Crippen molar-refractivity contribution in [3.8, 4) is 0 Å². The van der Waals surface area contributed by atoms with Gasteiger partial charge in [0.15, 0.2) is 6.04 Å². The third-order valence-corrected chi connectivity index (χ3v) is 3.20. The molecule has 0 saturated carbocycles. The van der Waals surface area contributed by atoms with Gasteiger partial charge in [0.2, 0.25) is 0 Å². The number of likely N-dealkylation sites (tertiary alicyclic amines) is 1. The van der Waals surface area contributed by atoms with Crippen LogP contribution in [0, 0.1) is 0 Å². The summed E-state index contributed by atoms with van der Waals surface area (Å²) in [4.78, 5) is 24.4. The molecular formula is C11H21N3O4. The van der Waals surface area contributed by atoms with Gasteiger partial charge in [0.25, 0.3) is 0 Å². The molecule has 7 nitrogen and oxygen atoms in total. The Morgan fingerprint density at radius 2 is 2.17 bits per heavy atom. The van der Waals surface area contributed by atoms with Gasteiger partial charge in [0, 0.05) is 12.6 Å². The predicted octanol–water partition coefficient (Wildman–Crippen LogP) is -0.786. The van der Waals surface area contributed by atoms with Gasteiger partial charge < -0.3 is 25.7 Å². The van der Waals surface area contributed by atoms with Crippen LogP contribution in [0.4, 0.5) is 4.79 Å². The van der Waals surface area contributed by atoms with Gasteiger partial charge in [-0.15, -0.1) is 0 Å². The molecule has 1 aliphatic heterocycles. The summed E-state index contributed by atoms with van der Waals surface area (Å²) in [5.41, 5.74) is 0. The minimum atomic E-state index is -1.29. The van der Waals surface area contributed by atoms with Crippen molar-refractivity contribution in [2.45, 2.75) is 38.0 Å². The Hall–Kier alpha value is -1.34. The van der Waals surface area contributed by atoms with E-state index in [1.54, 1.807) is 0 Å². The van der Waals surface area contributed by atoms with Crippen LogP contribution >= 0.6 is 0 Å². The minimum absolute atomic E-state index is 0.297. The third-order valence-electron chi connectivity index (χ3n) is 3.20. The number of carboxylic acid groups (broad SMARTS) is 1. The normalized spacial score (nSPS) is 23.4. The molecule has 0 aromatic carbocycles. The number of carboxylic acids is 1. The maximum absolute atomic E-state index is 11.5. The van der Waals surface area contributed by atoms with Crippen molar-refractivity contribution in [2.24, 2.45) is 0 Å². The predicted molar refractivity (Wildman–Crippen MR) is 65.3 cm³/mol. The maximum Gasteiger partial charge on any atom is 0.328 e. The fourth-order valence-corrected chi connectivity index (χ4v) is 2.03. The Morgan fingerprint density at radius 1 is 1.50 bits per heavy atom. The molecule has 0 radical (unpaired) electrons. The summed E-state index contributed by atoms with van der Waals surface area (Å²) < 4.78 is 0. The average molecular weight is 259 g/mol. The van der Waals surface area contributed by atoms with Crippen LogP contribution in [0.25, 0.3) is 0 Å². The number of nitrogens with one attached hydrogen (secondary N) is 2. The van der Waals surface area contributed by atoms with Crippen molar-refractivity contribution in [3.05, 3.63) is 0 Å². The highest BCUT2D eigenvalue weighted by Gasteiger charge is 2.26. The Morgan fingerprint density at radius 3 is 2.61 bits per heavy atom. The van der Waals surface area contributed by atoms with E-state index in [0.717, 1.165) is 19.4 Å². The fraction of sp³-hybridized carbons (Fsp3) is 0.818. The minimum Gasteiger partial charge on any atom is -0.480 e. The van der Waals surface area contributed by atoms with Gasteiger partial charge in [-0.05, 0) is 33.4 Å². The number of nitrogens with zero attached hydrogens (tertiary/aromatic N) is 1. The third kappa shape index (κ3) is 4.15. The second kappa shape index (κ2) is 6.55. The number of urea groups is 1. The van der Waals surface area contributed by atoms with E-state index in [4.69, 9.17) is 5.11 Å². The lowest BCUT2D eigenvalue weighted by atomic mass is 10.2. The highest BCUT2D eigenvalue weighted by atomic mass is 16.4. The molecular weight excluding hydrogens is 238 g/mol. The first-order valence-electron chi connectivity index (χ1n) is 6.07. The SMILES string of the molecule is CC(O)C(NC(=O)NCC1CCCN1C)C(=O)O. The number of aliphatic hydroxyl groups excluding tert-OH is 1. The van der Waals surface area contributed by atoms with Gasteiger partial charge in [0.1, 0.15) is 0 Å². The van der Waals surface area contributed by atoms with Gasteiger partial charge in [-0.1, -0.05) is 0 Å². The van der Waals surface area contributed by atoms with Crippen molar-refractivity contribution >= 4 is 12.0 Å². The van der Waals surface area contributed by atoms with Crippen LogP contribution < -0.4 is 10.6 Å². The highest BCUT2D eigenvalue weighted by molar-refractivity contribution is 5.82. The zero-order valence-electron chi connectivity index (χ0n) is 10.7. The van der Waals surface area contributed by atoms with Gasteiger partial charge in [-0.25, -0.2) is 9.59 Å². The fourth-order valence-electron chi connectivity index (χ4n) is 2.03. The molecule has 4 N–H and O–H groups in total. The largest absolute Gasteiger partial charge is 0.480 e. The van der Waals surface area contributed by atoms with E-state index in [1.165, 1.54) is 6.92 Å². The van der Waals surface area contributed by atoms with Gasteiger partial charge in [0.05, 0.1) is 6.10 Å². The molecule has 0 bridgehead atoms. The Kier molecular flexibility index (Phi) is 5.36. The van der Waals surface area contributed by atoms with E-state index in [0.29, 0.717) is 12.6 Å². The van der Waals surface area contributed by atoms with Crippen molar-refractivity contribution in [3.63, 3.8) is 0 Å². The Balaban J connectivity index is 2.34. The Bertz CT molecular complexity index is 309. The molecule has 3 unspecified atom stereocenters. The zero-order chi connectivity index (χ0) is 13.7. The second-order valence-electron chi connectivity index (χ2n) is 4.69. The molecule has 18 heavy (non-hydrogen) atoms. The first kappa shape index (κ1) is 14.7. The summed E-state index contributed by atoms with van der Waals surface area (Å²) in [7, 11) is 1.99. The highest BCUT2D eigenvalue weighted by Crippen LogP contribution is 2.13. The van der Waals surface area contributed by atoms with Gasteiger partial charge in [-0.3, -0.25) is 0 Å². The van der Waals surface area contributed by atoms with Crippen molar-refractivity contribution in [2.75, 3.05) is 20.1 Å². The number of carbonyl (C=O) groups excluding carboxylic acids is 1. The smallest absolute Gasteiger partial charge is 0.328 e. The number of rotatable bonds is 5. The van der Waals surface area contributed by atoms with Crippen LogP contribution in [-0.4, -0.2) is 65.4 Å². The standard InChI is InChI=1S/C11H21N3O4/c1-7(15)9(10(16)17)13-11(18)12-6-8-4-3-5-14(8)2/h7-9,15H,3-6H2,1-2H3,(H,16,17)(H2,12,13,18). The second-order valence-corrected chi connectivity index (χ2v) is 4.69. The van der Waals surface area contributed by atoms with E-state index < -0.39 is 24.1 Å². The van der Waals surface area contributed by atoms with Crippen molar-refractivity contribution in [1.29, 1.82) is 0 Å². The van der Waals surface area contributed by atoms with E-state index >= 15 is 0 Å². The summed E-state index contributed by atoms with van der Waals surface area (Å²) >= 11 is 0. The van der Waals surface area contributed by atoms with Crippen LogP contribution in [0.2, 0.25) is 0 Å². The first-order valence-corrected chi connectivity index (χ1v) is 6.07. The van der Waals surface area contributed by atoms with E-state index in [1.807, 2.05) is 7.05 Å². The average Bonchev–Trinajstić information content (AvgIpc) is 2.68. The van der Waals surface area contributed by atoms with Gasteiger partial charge in [-0.2, -0.15) is 0 Å². The molecule has 7 heteroatoms. The summed E-state index contributed by atoms with van der Waals surface area (Å²) in [5.74, 6) is -1.25. The monoisotopic (exact) mass is 259 g/mol. The Labute approximate surface area is 106 Å². The number of carbonyl (C=O) groups is 2. The molecule has 1 fully saturated rings. The lowest BCUT2D eigenvalue weighted by Gasteiger charge is -2.21.